The van der Waals surface area contributed by atoms with E-state index >= 15 is 0 Å². The molecular formula is C22H24N4O5. The molecule has 31 heavy (non-hydrogen) atoms. The van der Waals surface area contributed by atoms with Gasteiger partial charge in [0.15, 0.2) is 12.4 Å². The van der Waals surface area contributed by atoms with Gasteiger partial charge in [0.2, 0.25) is 11.6 Å². The van der Waals surface area contributed by atoms with Gasteiger partial charge < -0.3 is 14.2 Å². The number of amides is 2. The number of para-hydroxylation sites is 1. The molecule has 3 heterocycles. The van der Waals surface area contributed by atoms with Gasteiger partial charge in [-0.1, -0.05) is 38.1 Å². The molecule has 2 aromatic rings. The zero-order valence-electron chi connectivity index (χ0n) is 17.8. The fourth-order valence-electron chi connectivity index (χ4n) is 4.37. The van der Waals surface area contributed by atoms with Crippen molar-refractivity contribution >= 4 is 23.5 Å². The molecular weight excluding hydrogens is 400 g/mol. The van der Waals surface area contributed by atoms with E-state index < -0.39 is 11.6 Å². The minimum atomic E-state index is -1.48. The second kappa shape index (κ2) is 6.63. The van der Waals surface area contributed by atoms with Gasteiger partial charge in [-0.25, -0.2) is 4.79 Å². The third-order valence-electron chi connectivity index (χ3n) is 6.00. The topological polar surface area (TPSA) is 106 Å². The third-order valence-corrected chi connectivity index (χ3v) is 6.00. The first-order chi connectivity index (χ1) is 14.7. The second-order valence-electron chi connectivity index (χ2n) is 9.31. The molecule has 162 valence electrons. The number of fused-ring (bicyclic) bond motifs is 3. The molecule has 0 spiro atoms. The van der Waals surface area contributed by atoms with E-state index in [-0.39, 0.29) is 48.6 Å². The molecule has 1 unspecified atom stereocenters. The third kappa shape index (κ3) is 2.94. The molecule has 0 bridgehead atoms. The van der Waals surface area contributed by atoms with E-state index in [1.807, 2.05) is 20.8 Å². The molecule has 0 radical (unpaired) electrons. The molecule has 1 atom stereocenters. The molecule has 9 nitrogen and oxygen atoms in total. The molecule has 2 fully saturated rings. The summed E-state index contributed by atoms with van der Waals surface area (Å²) in [4.78, 5) is 47.1. The summed E-state index contributed by atoms with van der Waals surface area (Å²) in [5, 5.41) is 3.94. The quantitative estimate of drug-likeness (QED) is 0.695. The number of carbonyl (C=O) groups excluding carboxylic acids is 3. The van der Waals surface area contributed by atoms with Crippen LogP contribution in [0.2, 0.25) is 0 Å². The lowest BCUT2D eigenvalue weighted by atomic mass is 9.96. The van der Waals surface area contributed by atoms with Crippen LogP contribution in [0.25, 0.3) is 0 Å². The summed E-state index contributed by atoms with van der Waals surface area (Å²) in [6, 6.07) is 6.83. The predicted molar refractivity (Wildman–Crippen MR) is 108 cm³/mol. The highest BCUT2D eigenvalue weighted by Gasteiger charge is 2.64. The van der Waals surface area contributed by atoms with Crippen molar-refractivity contribution in [1.82, 2.24) is 15.0 Å². The summed E-state index contributed by atoms with van der Waals surface area (Å²) in [5.41, 5.74) is -0.894. The largest absolute Gasteiger partial charge is 0.452 e. The number of carbonyl (C=O) groups is 3. The van der Waals surface area contributed by atoms with Crippen LogP contribution in [0.4, 0.5) is 5.69 Å². The van der Waals surface area contributed by atoms with Crippen LogP contribution in [0.3, 0.4) is 0 Å². The Morgan fingerprint density at radius 2 is 2.00 bits per heavy atom. The predicted octanol–water partition coefficient (Wildman–Crippen LogP) is 2.55. The zero-order valence-corrected chi connectivity index (χ0v) is 17.8. The molecule has 1 saturated carbocycles. The van der Waals surface area contributed by atoms with Gasteiger partial charge in [0.05, 0.1) is 11.3 Å². The molecule has 3 aliphatic rings. The smallest absolute Gasteiger partial charge is 0.354 e. The van der Waals surface area contributed by atoms with Crippen LogP contribution in [0.15, 0.2) is 28.8 Å². The lowest BCUT2D eigenvalue weighted by molar-refractivity contribution is -0.159. The average molecular weight is 424 g/mol. The number of nitrogens with zero attached hydrogens (tertiary/aromatic N) is 4. The normalized spacial score (nSPS) is 23.1. The fourth-order valence-corrected chi connectivity index (χ4v) is 4.37. The van der Waals surface area contributed by atoms with Crippen LogP contribution in [0.5, 0.6) is 0 Å². The van der Waals surface area contributed by atoms with Gasteiger partial charge in [0.25, 0.3) is 11.8 Å². The molecule has 5 rings (SSSR count). The van der Waals surface area contributed by atoms with Gasteiger partial charge >= 0.3 is 5.97 Å². The number of ether oxygens (including phenoxy) is 1. The van der Waals surface area contributed by atoms with Crippen LogP contribution in [-0.4, -0.2) is 44.5 Å². The molecule has 9 heteroatoms. The molecule has 1 aromatic carbocycles. The van der Waals surface area contributed by atoms with Crippen molar-refractivity contribution < 1.29 is 23.6 Å². The molecule has 1 aromatic heterocycles. The highest BCUT2D eigenvalue weighted by Crippen LogP contribution is 2.49. The second-order valence-corrected chi connectivity index (χ2v) is 9.31. The van der Waals surface area contributed by atoms with Crippen LogP contribution >= 0.6 is 0 Å². The number of rotatable bonds is 4. The summed E-state index contributed by atoms with van der Waals surface area (Å²) in [5.74, 6) is -0.408. The zero-order chi connectivity index (χ0) is 22.0. The summed E-state index contributed by atoms with van der Waals surface area (Å²) in [6.07, 6.45) is 1.94. The van der Waals surface area contributed by atoms with E-state index in [4.69, 9.17) is 9.26 Å². The molecule has 1 aliphatic carbocycles. The number of esters is 1. The van der Waals surface area contributed by atoms with Gasteiger partial charge in [-0.05, 0) is 25.0 Å². The van der Waals surface area contributed by atoms with Gasteiger partial charge in [0.1, 0.15) is 0 Å². The summed E-state index contributed by atoms with van der Waals surface area (Å²) in [6.45, 7) is 5.63. The minimum absolute atomic E-state index is 0.0855. The first-order valence-electron chi connectivity index (χ1n) is 10.5. The lowest BCUT2D eigenvalue weighted by Gasteiger charge is -2.48. The van der Waals surface area contributed by atoms with Crippen molar-refractivity contribution in [3.05, 3.63) is 41.5 Å². The van der Waals surface area contributed by atoms with Gasteiger partial charge in [-0.15, -0.1) is 0 Å². The Bertz CT molecular complexity index is 1080. The van der Waals surface area contributed by atoms with Gasteiger partial charge in [0, 0.05) is 24.3 Å². The van der Waals surface area contributed by atoms with E-state index in [9.17, 15) is 14.4 Å². The Balaban J connectivity index is 1.49. The van der Waals surface area contributed by atoms with Crippen molar-refractivity contribution in [2.24, 2.45) is 0 Å². The molecule has 0 N–H and O–H groups in total. The molecule has 2 amide bonds. The lowest BCUT2D eigenvalue weighted by Crippen LogP contribution is -2.69. The summed E-state index contributed by atoms with van der Waals surface area (Å²) >= 11 is 0. The van der Waals surface area contributed by atoms with Crippen LogP contribution in [0.1, 0.15) is 68.5 Å². The maximum Gasteiger partial charge on any atom is 0.354 e. The van der Waals surface area contributed by atoms with E-state index in [1.165, 1.54) is 4.90 Å². The van der Waals surface area contributed by atoms with Crippen molar-refractivity contribution in [2.45, 2.75) is 70.2 Å². The first kappa shape index (κ1) is 19.7. The molecule has 1 saturated heterocycles. The van der Waals surface area contributed by atoms with Crippen LogP contribution in [0, 0.1) is 0 Å². The summed E-state index contributed by atoms with van der Waals surface area (Å²) < 4.78 is 10.8. The highest BCUT2D eigenvalue weighted by atomic mass is 16.6. The number of hydrogen-bond donors (Lipinski definition) is 0. The molecule has 2 aliphatic heterocycles. The number of anilines is 1. The van der Waals surface area contributed by atoms with E-state index in [0.717, 1.165) is 12.8 Å². The van der Waals surface area contributed by atoms with Crippen molar-refractivity contribution in [3.8, 4) is 0 Å². The number of benzene rings is 1. The Hall–Kier alpha value is -3.23. The van der Waals surface area contributed by atoms with Crippen molar-refractivity contribution in [3.63, 3.8) is 0 Å². The average Bonchev–Trinajstić information content (AvgIpc) is 3.32. The highest BCUT2D eigenvalue weighted by molar-refractivity contribution is 6.15. The van der Waals surface area contributed by atoms with Gasteiger partial charge in [-0.3, -0.25) is 14.5 Å². The number of hydrogen-bond acceptors (Lipinski definition) is 7. The monoisotopic (exact) mass is 424 g/mol. The van der Waals surface area contributed by atoms with E-state index in [0.29, 0.717) is 17.1 Å². The SMILES string of the molecule is CC(C)(C)c1noc(COC(=O)C23CCC(=O)N2c2ccccc2C(=O)N3C2CC2)n1. The minimum Gasteiger partial charge on any atom is -0.452 e. The van der Waals surface area contributed by atoms with Crippen LogP contribution in [-0.2, 0) is 26.3 Å². The van der Waals surface area contributed by atoms with Crippen LogP contribution < -0.4 is 4.90 Å². The number of aromatic nitrogens is 2. The maximum atomic E-state index is 13.5. The Morgan fingerprint density at radius 3 is 2.68 bits per heavy atom. The van der Waals surface area contributed by atoms with Crippen molar-refractivity contribution in [2.75, 3.05) is 4.90 Å². The Morgan fingerprint density at radius 1 is 1.26 bits per heavy atom. The first-order valence-corrected chi connectivity index (χ1v) is 10.5. The fraction of sp³-hybridized carbons (Fsp3) is 0.500. The summed E-state index contributed by atoms with van der Waals surface area (Å²) in [7, 11) is 0. The Kier molecular flexibility index (Phi) is 4.22. The van der Waals surface area contributed by atoms with Gasteiger partial charge in [-0.2, -0.15) is 4.98 Å². The standard InChI is InChI=1S/C22H24N4O5/c1-21(2,3)19-23-16(31-24-19)12-30-20(29)22-11-10-17(27)26(22)15-7-5-4-6-14(15)18(28)25(22)13-8-9-13/h4-7,13H,8-12H2,1-3H3. The van der Waals surface area contributed by atoms with E-state index in [2.05, 4.69) is 10.1 Å². The maximum absolute atomic E-state index is 13.5. The van der Waals surface area contributed by atoms with Crippen molar-refractivity contribution in [1.29, 1.82) is 0 Å². The Labute approximate surface area is 179 Å². The van der Waals surface area contributed by atoms with E-state index in [1.54, 1.807) is 29.2 Å².